The fraction of sp³-hybridized carbons (Fsp3) is 0.381. The third-order valence-electron chi connectivity index (χ3n) is 5.00. The second-order valence-corrected chi connectivity index (χ2v) is 7.12. The number of anilines is 2. The van der Waals surface area contributed by atoms with E-state index in [1.165, 1.54) is 0 Å². The minimum atomic E-state index is -0.370. The van der Waals surface area contributed by atoms with Gasteiger partial charge in [0.05, 0.1) is 12.6 Å². The van der Waals surface area contributed by atoms with E-state index in [0.717, 1.165) is 25.0 Å². The van der Waals surface area contributed by atoms with Crippen LogP contribution in [-0.4, -0.2) is 54.4 Å². The molecule has 2 aliphatic rings. The van der Waals surface area contributed by atoms with Gasteiger partial charge in [-0.1, -0.05) is 12.1 Å². The van der Waals surface area contributed by atoms with E-state index < -0.39 is 0 Å². The van der Waals surface area contributed by atoms with Crippen LogP contribution >= 0.6 is 0 Å². The van der Waals surface area contributed by atoms with Gasteiger partial charge in [0.15, 0.2) is 0 Å². The zero-order chi connectivity index (χ0) is 20.1. The monoisotopic (exact) mass is 396 g/mol. The first kappa shape index (κ1) is 19.2. The Labute approximate surface area is 169 Å². The van der Waals surface area contributed by atoms with Crippen molar-refractivity contribution in [2.75, 3.05) is 36.5 Å². The van der Waals surface area contributed by atoms with Crippen molar-refractivity contribution in [3.8, 4) is 0 Å². The molecule has 2 aliphatic heterocycles. The van der Waals surface area contributed by atoms with Gasteiger partial charge in [-0.3, -0.25) is 9.88 Å². The molecule has 0 aliphatic carbocycles. The number of ether oxygens (including phenoxy) is 2. The van der Waals surface area contributed by atoms with Gasteiger partial charge >= 0.3 is 12.1 Å². The first-order valence-corrected chi connectivity index (χ1v) is 9.80. The van der Waals surface area contributed by atoms with Gasteiger partial charge in [0.25, 0.3) is 0 Å². The lowest BCUT2D eigenvalue weighted by molar-refractivity contribution is 0.0819. The number of nitrogens with zero attached hydrogens (tertiary/aromatic N) is 3. The number of carbonyl (C=O) groups is 2. The number of cyclic esters (lactones) is 1. The van der Waals surface area contributed by atoms with Crippen molar-refractivity contribution in [3.05, 3.63) is 54.4 Å². The number of urea groups is 1. The van der Waals surface area contributed by atoms with Crippen molar-refractivity contribution in [2.45, 2.75) is 25.5 Å². The first-order chi connectivity index (χ1) is 14.2. The summed E-state index contributed by atoms with van der Waals surface area (Å²) in [6, 6.07) is 10.8. The SMILES string of the molecule is O=C(Nc1cccc(N2CCOC2=O)c1)N(Cc1cccnc1)CC1CCCO1. The molecule has 1 unspecified atom stereocenters. The van der Waals surface area contributed by atoms with E-state index in [-0.39, 0.29) is 18.2 Å². The number of rotatable bonds is 6. The van der Waals surface area contributed by atoms with Crippen molar-refractivity contribution in [2.24, 2.45) is 0 Å². The molecule has 2 aromatic rings. The number of amides is 3. The highest BCUT2D eigenvalue weighted by atomic mass is 16.6. The summed E-state index contributed by atoms with van der Waals surface area (Å²) in [7, 11) is 0. The lowest BCUT2D eigenvalue weighted by atomic mass is 10.2. The van der Waals surface area contributed by atoms with Crippen LogP contribution in [0.3, 0.4) is 0 Å². The van der Waals surface area contributed by atoms with E-state index in [0.29, 0.717) is 37.6 Å². The lowest BCUT2D eigenvalue weighted by Crippen LogP contribution is -2.39. The molecule has 152 valence electrons. The van der Waals surface area contributed by atoms with Crippen LogP contribution in [0.1, 0.15) is 18.4 Å². The fourth-order valence-electron chi connectivity index (χ4n) is 3.55. The fourth-order valence-corrected chi connectivity index (χ4v) is 3.55. The van der Waals surface area contributed by atoms with Crippen LogP contribution < -0.4 is 10.2 Å². The molecule has 1 atom stereocenters. The van der Waals surface area contributed by atoms with Gasteiger partial charge in [0, 0.05) is 43.5 Å². The predicted molar refractivity (Wildman–Crippen MR) is 108 cm³/mol. The van der Waals surface area contributed by atoms with E-state index in [1.54, 1.807) is 34.3 Å². The molecule has 1 aromatic heterocycles. The first-order valence-electron chi connectivity index (χ1n) is 9.80. The molecule has 3 heterocycles. The number of carbonyl (C=O) groups excluding carboxylic acids is 2. The zero-order valence-electron chi connectivity index (χ0n) is 16.1. The second kappa shape index (κ2) is 8.91. The van der Waals surface area contributed by atoms with Gasteiger partial charge in [-0.2, -0.15) is 0 Å². The van der Waals surface area contributed by atoms with Crippen LogP contribution in [0.2, 0.25) is 0 Å². The molecule has 0 saturated carbocycles. The summed E-state index contributed by atoms with van der Waals surface area (Å²) in [6.07, 6.45) is 5.11. The number of aromatic nitrogens is 1. The van der Waals surface area contributed by atoms with E-state index in [2.05, 4.69) is 10.3 Å². The number of pyridine rings is 1. The standard InChI is InChI=1S/C21H24N4O4/c26-20(23-17-5-1-6-18(12-17)25-9-11-29-21(25)27)24(15-19-7-3-10-28-19)14-16-4-2-8-22-13-16/h1-2,4-6,8,12-13,19H,3,7,9-11,14-15H2,(H,23,26). The Kier molecular flexibility index (Phi) is 5.90. The van der Waals surface area contributed by atoms with Gasteiger partial charge in [0.2, 0.25) is 0 Å². The molecular formula is C21H24N4O4. The van der Waals surface area contributed by atoms with Crippen molar-refractivity contribution >= 4 is 23.5 Å². The molecule has 8 heteroatoms. The number of nitrogens with one attached hydrogen (secondary N) is 1. The van der Waals surface area contributed by atoms with Gasteiger partial charge in [-0.25, -0.2) is 9.59 Å². The third-order valence-corrected chi connectivity index (χ3v) is 5.00. The van der Waals surface area contributed by atoms with Crippen LogP contribution in [0.5, 0.6) is 0 Å². The maximum Gasteiger partial charge on any atom is 0.414 e. The summed E-state index contributed by atoms with van der Waals surface area (Å²) in [5, 5.41) is 2.95. The Balaban J connectivity index is 1.47. The molecule has 2 saturated heterocycles. The summed E-state index contributed by atoms with van der Waals surface area (Å²) < 4.78 is 10.7. The molecule has 0 bridgehead atoms. The number of hydrogen-bond acceptors (Lipinski definition) is 5. The number of benzene rings is 1. The van der Waals surface area contributed by atoms with E-state index >= 15 is 0 Å². The highest BCUT2D eigenvalue weighted by Crippen LogP contribution is 2.23. The quantitative estimate of drug-likeness (QED) is 0.810. The Morgan fingerprint density at radius 2 is 2.21 bits per heavy atom. The van der Waals surface area contributed by atoms with Gasteiger partial charge in [-0.15, -0.1) is 0 Å². The van der Waals surface area contributed by atoms with Crippen molar-refractivity contribution in [1.82, 2.24) is 9.88 Å². The normalized spacial score (nSPS) is 18.6. The van der Waals surface area contributed by atoms with Crippen molar-refractivity contribution in [1.29, 1.82) is 0 Å². The maximum absolute atomic E-state index is 13.0. The summed E-state index contributed by atoms with van der Waals surface area (Å²) in [6.45, 7) is 2.57. The highest BCUT2D eigenvalue weighted by Gasteiger charge is 2.25. The minimum Gasteiger partial charge on any atom is -0.447 e. The molecule has 0 radical (unpaired) electrons. The molecule has 1 N–H and O–H groups in total. The van der Waals surface area contributed by atoms with Crippen LogP contribution in [-0.2, 0) is 16.0 Å². The summed E-state index contributed by atoms with van der Waals surface area (Å²) in [4.78, 5) is 32.3. The Hall–Kier alpha value is -3.13. The predicted octanol–water partition coefficient (Wildman–Crippen LogP) is 3.25. The molecule has 4 rings (SSSR count). The summed E-state index contributed by atoms with van der Waals surface area (Å²) in [5.41, 5.74) is 2.27. The lowest BCUT2D eigenvalue weighted by Gasteiger charge is -2.26. The van der Waals surface area contributed by atoms with E-state index in [9.17, 15) is 9.59 Å². The largest absolute Gasteiger partial charge is 0.447 e. The van der Waals surface area contributed by atoms with Crippen LogP contribution in [0.4, 0.5) is 21.0 Å². The maximum atomic E-state index is 13.0. The average Bonchev–Trinajstić information content (AvgIpc) is 3.40. The Morgan fingerprint density at radius 3 is 2.93 bits per heavy atom. The van der Waals surface area contributed by atoms with E-state index in [4.69, 9.17) is 9.47 Å². The smallest absolute Gasteiger partial charge is 0.414 e. The van der Waals surface area contributed by atoms with Gasteiger partial charge < -0.3 is 19.7 Å². The third kappa shape index (κ3) is 4.83. The molecule has 8 nitrogen and oxygen atoms in total. The highest BCUT2D eigenvalue weighted by molar-refractivity contribution is 5.93. The van der Waals surface area contributed by atoms with E-state index in [1.807, 2.05) is 24.3 Å². The molecule has 1 aromatic carbocycles. The molecule has 3 amide bonds. The molecular weight excluding hydrogens is 372 g/mol. The molecule has 2 fully saturated rings. The van der Waals surface area contributed by atoms with Crippen molar-refractivity contribution in [3.63, 3.8) is 0 Å². The van der Waals surface area contributed by atoms with Crippen LogP contribution in [0.25, 0.3) is 0 Å². The number of hydrogen-bond donors (Lipinski definition) is 1. The summed E-state index contributed by atoms with van der Waals surface area (Å²) in [5.74, 6) is 0. The molecule has 0 spiro atoms. The van der Waals surface area contributed by atoms with Gasteiger partial charge in [0.1, 0.15) is 6.61 Å². The van der Waals surface area contributed by atoms with Crippen LogP contribution in [0.15, 0.2) is 48.8 Å². The topological polar surface area (TPSA) is 84.0 Å². The molecule has 29 heavy (non-hydrogen) atoms. The zero-order valence-corrected chi connectivity index (χ0v) is 16.1. The Morgan fingerprint density at radius 1 is 1.28 bits per heavy atom. The summed E-state index contributed by atoms with van der Waals surface area (Å²) >= 11 is 0. The Bertz CT molecular complexity index is 855. The average molecular weight is 396 g/mol. The minimum absolute atomic E-state index is 0.0446. The second-order valence-electron chi connectivity index (χ2n) is 7.12. The van der Waals surface area contributed by atoms with Gasteiger partial charge in [-0.05, 0) is 42.7 Å². The van der Waals surface area contributed by atoms with Crippen molar-refractivity contribution < 1.29 is 19.1 Å². The van der Waals surface area contributed by atoms with Crippen LogP contribution in [0, 0.1) is 0 Å².